The summed E-state index contributed by atoms with van der Waals surface area (Å²) in [7, 11) is 0. The molecule has 1 aliphatic heterocycles. The van der Waals surface area contributed by atoms with E-state index in [4.69, 9.17) is 5.11 Å². The summed E-state index contributed by atoms with van der Waals surface area (Å²) in [6, 6.07) is 31.0. The van der Waals surface area contributed by atoms with E-state index in [9.17, 15) is 0 Å². The van der Waals surface area contributed by atoms with Gasteiger partial charge in [0.15, 0.2) is 0 Å². The SMILES string of the molecule is OCCc1ccc(C2CCN(C(c3ccccc3)c3ccccc3)CC2)cc1. The van der Waals surface area contributed by atoms with Crippen molar-refractivity contribution in [1.82, 2.24) is 4.90 Å². The molecule has 3 aromatic rings. The van der Waals surface area contributed by atoms with Gasteiger partial charge in [0.2, 0.25) is 0 Å². The minimum Gasteiger partial charge on any atom is -0.396 e. The van der Waals surface area contributed by atoms with Gasteiger partial charge in [0.05, 0.1) is 6.04 Å². The van der Waals surface area contributed by atoms with Gasteiger partial charge in [-0.2, -0.15) is 0 Å². The predicted octanol–water partition coefficient (Wildman–Crippen LogP) is 5.19. The topological polar surface area (TPSA) is 23.5 Å². The van der Waals surface area contributed by atoms with Crippen LogP contribution in [0.15, 0.2) is 84.9 Å². The molecule has 0 bridgehead atoms. The molecule has 1 saturated heterocycles. The van der Waals surface area contributed by atoms with Crippen molar-refractivity contribution in [1.29, 1.82) is 0 Å². The van der Waals surface area contributed by atoms with Crippen molar-refractivity contribution in [2.75, 3.05) is 19.7 Å². The number of rotatable bonds is 6. The Labute approximate surface area is 168 Å². The van der Waals surface area contributed by atoms with E-state index in [0.717, 1.165) is 19.5 Å². The van der Waals surface area contributed by atoms with Gasteiger partial charge in [-0.1, -0.05) is 84.9 Å². The molecule has 3 aromatic carbocycles. The summed E-state index contributed by atoms with van der Waals surface area (Å²) in [4.78, 5) is 2.64. The second-order valence-electron chi connectivity index (χ2n) is 7.75. The van der Waals surface area contributed by atoms with E-state index < -0.39 is 0 Å². The fourth-order valence-corrected chi connectivity index (χ4v) is 4.46. The Hall–Kier alpha value is -2.42. The Bertz CT molecular complexity index is 797. The second kappa shape index (κ2) is 9.18. The number of aliphatic hydroxyl groups is 1. The van der Waals surface area contributed by atoms with E-state index in [1.165, 1.54) is 35.1 Å². The van der Waals surface area contributed by atoms with Gasteiger partial charge in [0.1, 0.15) is 0 Å². The highest BCUT2D eigenvalue weighted by atomic mass is 16.2. The Kier molecular flexibility index (Phi) is 6.20. The summed E-state index contributed by atoms with van der Waals surface area (Å²) < 4.78 is 0. The molecule has 2 heteroatoms. The van der Waals surface area contributed by atoms with Crippen LogP contribution in [0.3, 0.4) is 0 Å². The first kappa shape index (κ1) is 18.9. The molecule has 0 unspecified atom stereocenters. The fourth-order valence-electron chi connectivity index (χ4n) is 4.46. The van der Waals surface area contributed by atoms with Crippen molar-refractivity contribution >= 4 is 0 Å². The molecular weight excluding hydrogens is 342 g/mol. The molecule has 144 valence electrons. The van der Waals surface area contributed by atoms with Gasteiger partial charge in [-0.05, 0) is 60.5 Å². The van der Waals surface area contributed by atoms with Crippen molar-refractivity contribution in [3.63, 3.8) is 0 Å². The molecule has 0 radical (unpaired) electrons. The fraction of sp³-hybridized carbons (Fsp3) is 0.308. The Morgan fingerprint density at radius 3 is 1.79 bits per heavy atom. The van der Waals surface area contributed by atoms with Gasteiger partial charge in [0.25, 0.3) is 0 Å². The van der Waals surface area contributed by atoms with Crippen LogP contribution < -0.4 is 0 Å². The summed E-state index contributed by atoms with van der Waals surface area (Å²) in [5.41, 5.74) is 5.41. The standard InChI is InChI=1S/C26H29NO/c28-20-17-21-11-13-22(14-12-21)23-15-18-27(19-16-23)26(24-7-3-1-4-8-24)25-9-5-2-6-10-25/h1-14,23,26,28H,15-20H2. The molecule has 0 saturated carbocycles. The van der Waals surface area contributed by atoms with E-state index in [2.05, 4.69) is 89.8 Å². The molecule has 4 rings (SSSR count). The largest absolute Gasteiger partial charge is 0.396 e. The number of hydrogen-bond acceptors (Lipinski definition) is 2. The zero-order valence-corrected chi connectivity index (χ0v) is 16.4. The first-order valence-electron chi connectivity index (χ1n) is 10.4. The lowest BCUT2D eigenvalue weighted by atomic mass is 9.86. The van der Waals surface area contributed by atoms with Crippen molar-refractivity contribution in [2.45, 2.75) is 31.2 Å². The van der Waals surface area contributed by atoms with Gasteiger partial charge in [0, 0.05) is 6.61 Å². The van der Waals surface area contributed by atoms with E-state index in [0.29, 0.717) is 12.0 Å². The smallest absolute Gasteiger partial charge is 0.0601 e. The highest BCUT2D eigenvalue weighted by Gasteiger charge is 2.27. The summed E-state index contributed by atoms with van der Waals surface area (Å²) in [6.45, 7) is 2.44. The van der Waals surface area contributed by atoms with Gasteiger partial charge < -0.3 is 5.11 Å². The number of likely N-dealkylation sites (tertiary alicyclic amines) is 1. The third-order valence-electron chi connectivity index (χ3n) is 5.98. The third kappa shape index (κ3) is 4.35. The molecule has 0 spiro atoms. The van der Waals surface area contributed by atoms with Gasteiger partial charge in [-0.15, -0.1) is 0 Å². The predicted molar refractivity (Wildman–Crippen MR) is 116 cm³/mol. The molecule has 0 amide bonds. The molecule has 1 fully saturated rings. The van der Waals surface area contributed by atoms with E-state index in [1.54, 1.807) is 0 Å². The van der Waals surface area contributed by atoms with Crippen LogP contribution in [0.2, 0.25) is 0 Å². The van der Waals surface area contributed by atoms with Crippen LogP contribution in [0.5, 0.6) is 0 Å². The minimum atomic E-state index is 0.220. The molecule has 2 nitrogen and oxygen atoms in total. The molecule has 1 heterocycles. The lowest BCUT2D eigenvalue weighted by molar-refractivity contribution is 0.174. The summed E-state index contributed by atoms with van der Waals surface area (Å²) in [5.74, 6) is 0.631. The van der Waals surface area contributed by atoms with Crippen LogP contribution in [0.25, 0.3) is 0 Å². The van der Waals surface area contributed by atoms with Crippen LogP contribution >= 0.6 is 0 Å². The normalized spacial score (nSPS) is 15.8. The Morgan fingerprint density at radius 1 is 0.750 bits per heavy atom. The van der Waals surface area contributed by atoms with Crippen molar-refractivity contribution in [3.05, 3.63) is 107 Å². The molecular formula is C26H29NO. The third-order valence-corrected chi connectivity index (χ3v) is 5.98. The van der Waals surface area contributed by atoms with E-state index in [1.807, 2.05) is 0 Å². The number of benzene rings is 3. The lowest BCUT2D eigenvalue weighted by Gasteiger charge is -2.38. The quantitative estimate of drug-likeness (QED) is 0.644. The monoisotopic (exact) mass is 371 g/mol. The second-order valence-corrected chi connectivity index (χ2v) is 7.75. The van der Waals surface area contributed by atoms with Crippen LogP contribution in [0, 0.1) is 0 Å². The average molecular weight is 372 g/mol. The van der Waals surface area contributed by atoms with Crippen molar-refractivity contribution < 1.29 is 5.11 Å². The number of nitrogens with zero attached hydrogens (tertiary/aromatic N) is 1. The van der Waals surface area contributed by atoms with Crippen molar-refractivity contribution in [2.24, 2.45) is 0 Å². The number of piperidine rings is 1. The number of hydrogen-bond donors (Lipinski definition) is 1. The number of aliphatic hydroxyl groups excluding tert-OH is 1. The minimum absolute atomic E-state index is 0.220. The van der Waals surface area contributed by atoms with Crippen LogP contribution in [-0.4, -0.2) is 29.7 Å². The molecule has 0 aliphatic carbocycles. The molecule has 1 N–H and O–H groups in total. The van der Waals surface area contributed by atoms with Gasteiger partial charge >= 0.3 is 0 Å². The maximum absolute atomic E-state index is 9.10. The van der Waals surface area contributed by atoms with Crippen LogP contribution in [0.4, 0.5) is 0 Å². The summed E-state index contributed by atoms with van der Waals surface area (Å²) >= 11 is 0. The van der Waals surface area contributed by atoms with E-state index in [-0.39, 0.29) is 6.61 Å². The first-order valence-corrected chi connectivity index (χ1v) is 10.4. The maximum atomic E-state index is 9.10. The average Bonchev–Trinajstić information content (AvgIpc) is 2.77. The molecule has 28 heavy (non-hydrogen) atoms. The Morgan fingerprint density at radius 2 is 1.29 bits per heavy atom. The highest BCUT2D eigenvalue weighted by molar-refractivity contribution is 5.32. The zero-order valence-electron chi connectivity index (χ0n) is 16.4. The summed E-state index contributed by atoms with van der Waals surface area (Å²) in [5, 5.41) is 9.10. The van der Waals surface area contributed by atoms with Crippen molar-refractivity contribution in [3.8, 4) is 0 Å². The lowest BCUT2D eigenvalue weighted by Crippen LogP contribution is -2.36. The molecule has 0 atom stereocenters. The molecule has 1 aliphatic rings. The summed E-state index contributed by atoms with van der Waals surface area (Å²) in [6.07, 6.45) is 3.12. The van der Waals surface area contributed by atoms with Crippen LogP contribution in [-0.2, 0) is 6.42 Å². The van der Waals surface area contributed by atoms with Gasteiger partial charge in [-0.3, -0.25) is 4.90 Å². The Balaban J connectivity index is 1.49. The van der Waals surface area contributed by atoms with Gasteiger partial charge in [-0.25, -0.2) is 0 Å². The first-order chi connectivity index (χ1) is 13.8. The van der Waals surface area contributed by atoms with E-state index >= 15 is 0 Å². The zero-order chi connectivity index (χ0) is 19.2. The highest BCUT2D eigenvalue weighted by Crippen LogP contribution is 2.35. The molecule has 0 aromatic heterocycles. The van der Waals surface area contributed by atoms with Crippen LogP contribution in [0.1, 0.15) is 47.1 Å². The maximum Gasteiger partial charge on any atom is 0.0601 e.